The SMILES string of the molecule is CCCc1nc(C(=O)NC(CC(=O)O)C(=O)O)n[nH]1. The van der Waals surface area contributed by atoms with Crippen LogP contribution in [-0.2, 0) is 16.0 Å². The molecule has 1 heterocycles. The number of carboxylic acids is 2. The summed E-state index contributed by atoms with van der Waals surface area (Å²) in [5.74, 6) is -3.28. The molecule has 104 valence electrons. The summed E-state index contributed by atoms with van der Waals surface area (Å²) in [5, 5.41) is 25.6. The highest BCUT2D eigenvalue weighted by Gasteiger charge is 2.25. The maximum Gasteiger partial charge on any atom is 0.326 e. The van der Waals surface area contributed by atoms with E-state index >= 15 is 0 Å². The number of aromatic nitrogens is 3. The summed E-state index contributed by atoms with van der Waals surface area (Å²) in [5.41, 5.74) is 0. The Kier molecular flexibility index (Phi) is 4.98. The van der Waals surface area contributed by atoms with Gasteiger partial charge in [-0.1, -0.05) is 6.92 Å². The second-order valence-corrected chi connectivity index (χ2v) is 3.82. The minimum Gasteiger partial charge on any atom is -0.481 e. The van der Waals surface area contributed by atoms with Gasteiger partial charge in [0.05, 0.1) is 6.42 Å². The van der Waals surface area contributed by atoms with Gasteiger partial charge in [-0.2, -0.15) is 0 Å². The molecule has 9 heteroatoms. The maximum absolute atomic E-state index is 11.6. The first-order valence-corrected chi connectivity index (χ1v) is 5.60. The van der Waals surface area contributed by atoms with E-state index in [0.29, 0.717) is 12.2 Å². The van der Waals surface area contributed by atoms with Crippen molar-refractivity contribution in [1.29, 1.82) is 0 Å². The van der Waals surface area contributed by atoms with Gasteiger partial charge in [-0.05, 0) is 6.42 Å². The molecule has 1 rings (SSSR count). The number of rotatable bonds is 7. The number of amides is 1. The van der Waals surface area contributed by atoms with Gasteiger partial charge in [0.25, 0.3) is 5.91 Å². The molecule has 0 aromatic carbocycles. The highest BCUT2D eigenvalue weighted by Crippen LogP contribution is 1.99. The molecule has 1 aromatic rings. The molecule has 0 aliphatic heterocycles. The second-order valence-electron chi connectivity index (χ2n) is 3.82. The van der Waals surface area contributed by atoms with Gasteiger partial charge in [0.15, 0.2) is 0 Å². The Balaban J connectivity index is 2.70. The molecule has 0 fully saturated rings. The van der Waals surface area contributed by atoms with Crippen molar-refractivity contribution in [3.8, 4) is 0 Å². The molecule has 1 aromatic heterocycles. The minimum atomic E-state index is -1.52. The highest BCUT2D eigenvalue weighted by atomic mass is 16.4. The van der Waals surface area contributed by atoms with E-state index < -0.39 is 30.3 Å². The summed E-state index contributed by atoms with van der Waals surface area (Å²) in [6.45, 7) is 1.93. The van der Waals surface area contributed by atoms with Gasteiger partial charge in [-0.3, -0.25) is 14.7 Å². The van der Waals surface area contributed by atoms with Crippen molar-refractivity contribution in [2.45, 2.75) is 32.2 Å². The Morgan fingerprint density at radius 3 is 2.58 bits per heavy atom. The lowest BCUT2D eigenvalue weighted by Gasteiger charge is -2.10. The third-order valence-electron chi connectivity index (χ3n) is 2.20. The van der Waals surface area contributed by atoms with Crippen LogP contribution in [0.4, 0.5) is 0 Å². The van der Waals surface area contributed by atoms with E-state index in [1.54, 1.807) is 0 Å². The molecule has 1 amide bonds. The number of hydrogen-bond acceptors (Lipinski definition) is 5. The van der Waals surface area contributed by atoms with Gasteiger partial charge in [-0.15, -0.1) is 5.10 Å². The van der Waals surface area contributed by atoms with Crippen LogP contribution in [0.15, 0.2) is 0 Å². The summed E-state index contributed by atoms with van der Waals surface area (Å²) in [6, 6.07) is -1.52. The summed E-state index contributed by atoms with van der Waals surface area (Å²) in [4.78, 5) is 36.8. The number of hydrogen-bond donors (Lipinski definition) is 4. The third kappa shape index (κ3) is 4.37. The first-order chi connectivity index (χ1) is 8.93. The van der Waals surface area contributed by atoms with Crippen molar-refractivity contribution < 1.29 is 24.6 Å². The van der Waals surface area contributed by atoms with Gasteiger partial charge in [0.2, 0.25) is 5.82 Å². The average molecular weight is 270 g/mol. The van der Waals surface area contributed by atoms with E-state index in [2.05, 4.69) is 20.5 Å². The molecule has 0 saturated heterocycles. The number of nitrogens with zero attached hydrogens (tertiary/aromatic N) is 2. The molecule has 0 saturated carbocycles. The minimum absolute atomic E-state index is 0.208. The molecular weight excluding hydrogens is 256 g/mol. The predicted molar refractivity (Wildman–Crippen MR) is 61.5 cm³/mol. The molecule has 0 spiro atoms. The molecule has 9 nitrogen and oxygen atoms in total. The van der Waals surface area contributed by atoms with E-state index in [9.17, 15) is 14.4 Å². The van der Waals surface area contributed by atoms with Gasteiger partial charge in [0.1, 0.15) is 11.9 Å². The molecule has 19 heavy (non-hydrogen) atoms. The van der Waals surface area contributed by atoms with Crippen LogP contribution in [0.25, 0.3) is 0 Å². The number of nitrogens with one attached hydrogen (secondary N) is 2. The molecule has 0 aliphatic rings. The zero-order valence-corrected chi connectivity index (χ0v) is 10.2. The molecule has 4 N–H and O–H groups in total. The van der Waals surface area contributed by atoms with Crippen LogP contribution in [0, 0.1) is 0 Å². The molecule has 0 aliphatic carbocycles. The third-order valence-corrected chi connectivity index (χ3v) is 2.20. The quantitative estimate of drug-likeness (QED) is 0.518. The molecular formula is C10H14N4O5. The number of aliphatic carboxylic acids is 2. The normalized spacial score (nSPS) is 11.8. The highest BCUT2D eigenvalue weighted by molar-refractivity contribution is 5.94. The number of carbonyl (C=O) groups excluding carboxylic acids is 1. The largest absolute Gasteiger partial charge is 0.481 e. The van der Waals surface area contributed by atoms with Crippen LogP contribution in [0.1, 0.15) is 36.2 Å². The number of carboxylic acid groups (broad SMARTS) is 2. The van der Waals surface area contributed by atoms with E-state index in [1.807, 2.05) is 6.92 Å². The first kappa shape index (κ1) is 14.6. The standard InChI is InChI=1S/C10H14N4O5/c1-2-3-6-12-8(14-13-6)9(17)11-5(10(18)19)4-7(15)16/h5H,2-4H2,1H3,(H,11,17)(H,15,16)(H,18,19)(H,12,13,14). The van der Waals surface area contributed by atoms with Gasteiger partial charge >= 0.3 is 11.9 Å². The van der Waals surface area contributed by atoms with Gasteiger partial charge in [-0.25, -0.2) is 9.78 Å². The fourth-order valence-corrected chi connectivity index (χ4v) is 1.34. The van der Waals surface area contributed by atoms with Crippen molar-refractivity contribution in [2.24, 2.45) is 0 Å². The lowest BCUT2D eigenvalue weighted by Crippen LogP contribution is -2.42. The number of aryl methyl sites for hydroxylation is 1. The van der Waals surface area contributed by atoms with Gasteiger partial charge in [0, 0.05) is 6.42 Å². The van der Waals surface area contributed by atoms with Crippen LogP contribution >= 0.6 is 0 Å². The second kappa shape index (κ2) is 6.47. The monoisotopic (exact) mass is 270 g/mol. The number of aromatic amines is 1. The van der Waals surface area contributed by atoms with Crippen molar-refractivity contribution >= 4 is 17.8 Å². The zero-order valence-electron chi connectivity index (χ0n) is 10.2. The van der Waals surface area contributed by atoms with E-state index in [0.717, 1.165) is 6.42 Å². The Hall–Kier alpha value is -2.45. The number of carbonyl (C=O) groups is 3. The maximum atomic E-state index is 11.6. The van der Waals surface area contributed by atoms with E-state index in [4.69, 9.17) is 10.2 Å². The number of H-pyrrole nitrogens is 1. The van der Waals surface area contributed by atoms with Crippen molar-refractivity contribution in [1.82, 2.24) is 20.5 Å². The van der Waals surface area contributed by atoms with Crippen LogP contribution < -0.4 is 5.32 Å². The molecule has 0 radical (unpaired) electrons. The Morgan fingerprint density at radius 1 is 1.37 bits per heavy atom. The van der Waals surface area contributed by atoms with E-state index in [-0.39, 0.29) is 5.82 Å². The van der Waals surface area contributed by atoms with Crippen molar-refractivity contribution in [2.75, 3.05) is 0 Å². The fraction of sp³-hybridized carbons (Fsp3) is 0.500. The zero-order chi connectivity index (χ0) is 14.4. The summed E-state index contributed by atoms with van der Waals surface area (Å²) in [6.07, 6.45) is 0.706. The summed E-state index contributed by atoms with van der Waals surface area (Å²) < 4.78 is 0. The Labute approximate surface area is 108 Å². The van der Waals surface area contributed by atoms with Crippen LogP contribution in [0.2, 0.25) is 0 Å². The Bertz CT molecular complexity index is 484. The Morgan fingerprint density at radius 2 is 2.05 bits per heavy atom. The molecule has 1 atom stereocenters. The first-order valence-electron chi connectivity index (χ1n) is 5.60. The lowest BCUT2D eigenvalue weighted by molar-refractivity contribution is -0.145. The summed E-state index contributed by atoms with van der Waals surface area (Å²) in [7, 11) is 0. The summed E-state index contributed by atoms with van der Waals surface area (Å²) >= 11 is 0. The van der Waals surface area contributed by atoms with Crippen LogP contribution in [-0.4, -0.2) is 49.3 Å². The van der Waals surface area contributed by atoms with Crippen molar-refractivity contribution in [3.05, 3.63) is 11.6 Å². The molecule has 0 bridgehead atoms. The predicted octanol–water partition coefficient (Wildman–Crippen LogP) is -0.585. The average Bonchev–Trinajstić information content (AvgIpc) is 2.76. The topological polar surface area (TPSA) is 145 Å². The van der Waals surface area contributed by atoms with Crippen molar-refractivity contribution in [3.63, 3.8) is 0 Å². The fourth-order valence-electron chi connectivity index (χ4n) is 1.34. The van der Waals surface area contributed by atoms with Gasteiger partial charge < -0.3 is 15.5 Å². The lowest BCUT2D eigenvalue weighted by atomic mass is 10.2. The smallest absolute Gasteiger partial charge is 0.326 e. The molecule has 1 unspecified atom stereocenters. The van der Waals surface area contributed by atoms with Crippen LogP contribution in [0.3, 0.4) is 0 Å². The van der Waals surface area contributed by atoms with E-state index in [1.165, 1.54) is 0 Å². The van der Waals surface area contributed by atoms with Crippen LogP contribution in [0.5, 0.6) is 0 Å².